The summed E-state index contributed by atoms with van der Waals surface area (Å²) in [6.45, 7) is 3.66. The van der Waals surface area contributed by atoms with Crippen LogP contribution in [0.15, 0.2) is 11.6 Å². The summed E-state index contributed by atoms with van der Waals surface area (Å²) in [6.07, 6.45) is 0.564. The van der Waals surface area contributed by atoms with E-state index < -0.39 is 23.9 Å². The number of alkyl halides is 2. The van der Waals surface area contributed by atoms with Crippen molar-refractivity contribution in [3.63, 3.8) is 0 Å². The maximum atomic E-state index is 13.1. The van der Waals surface area contributed by atoms with Gasteiger partial charge in [0, 0.05) is 0 Å². The highest BCUT2D eigenvalue weighted by molar-refractivity contribution is 5.76. The maximum absolute atomic E-state index is 13.1. The lowest BCUT2D eigenvalue weighted by molar-refractivity contribution is -0.188. The fraction of sp³-hybridized carbons (Fsp3) is 0.727. The third kappa shape index (κ3) is 2.58. The summed E-state index contributed by atoms with van der Waals surface area (Å²) in [5.74, 6) is -6.92. The lowest BCUT2D eigenvalue weighted by atomic mass is 9.79. The smallest absolute Gasteiger partial charge is 0.377 e. The van der Waals surface area contributed by atoms with Crippen molar-refractivity contribution in [3.8, 4) is 0 Å². The first kappa shape index (κ1) is 13.1. The van der Waals surface area contributed by atoms with Gasteiger partial charge in [-0.3, -0.25) is 0 Å². The van der Waals surface area contributed by atoms with Crippen LogP contribution in [0.4, 0.5) is 8.78 Å². The Kier molecular flexibility index (Phi) is 3.68. The molecule has 0 aliphatic heterocycles. The summed E-state index contributed by atoms with van der Waals surface area (Å²) in [7, 11) is 0. The molecule has 0 amide bonds. The van der Waals surface area contributed by atoms with E-state index in [1.165, 1.54) is 0 Å². The number of aliphatic hydroxyl groups excluding tert-OH is 1. The SMILES string of the molecule is CC1=CC(C)CC(C(O)C(F)(F)C(=O)O)C1. The molecule has 1 aliphatic rings. The van der Waals surface area contributed by atoms with Crippen LogP contribution in [0.1, 0.15) is 26.7 Å². The summed E-state index contributed by atoms with van der Waals surface area (Å²) in [6, 6.07) is 0. The molecule has 0 aromatic rings. The van der Waals surface area contributed by atoms with E-state index in [4.69, 9.17) is 5.11 Å². The summed E-state index contributed by atoms with van der Waals surface area (Å²) in [5.41, 5.74) is 0.920. The number of allylic oxidation sites excluding steroid dienone is 2. The Hall–Kier alpha value is -0.970. The van der Waals surface area contributed by atoms with Crippen LogP contribution in [0, 0.1) is 11.8 Å². The molecule has 2 N–H and O–H groups in total. The highest BCUT2D eigenvalue weighted by Crippen LogP contribution is 2.35. The molecule has 0 saturated heterocycles. The van der Waals surface area contributed by atoms with Crippen molar-refractivity contribution in [2.75, 3.05) is 0 Å². The Bertz CT molecular complexity index is 312. The van der Waals surface area contributed by atoms with Crippen LogP contribution in [-0.4, -0.2) is 28.2 Å². The molecule has 3 atom stereocenters. The van der Waals surface area contributed by atoms with E-state index in [2.05, 4.69) is 0 Å². The van der Waals surface area contributed by atoms with Gasteiger partial charge < -0.3 is 10.2 Å². The lowest BCUT2D eigenvalue weighted by Crippen LogP contribution is -2.46. The van der Waals surface area contributed by atoms with Gasteiger partial charge in [0.1, 0.15) is 6.10 Å². The number of rotatable bonds is 3. The maximum Gasteiger partial charge on any atom is 0.377 e. The van der Waals surface area contributed by atoms with Gasteiger partial charge in [0.05, 0.1) is 0 Å². The Labute approximate surface area is 92.8 Å². The number of hydrogen-bond acceptors (Lipinski definition) is 2. The number of carbonyl (C=O) groups is 1. The molecule has 0 heterocycles. The summed E-state index contributed by atoms with van der Waals surface area (Å²) in [4.78, 5) is 10.3. The third-order valence-electron chi connectivity index (χ3n) is 2.93. The van der Waals surface area contributed by atoms with Crippen molar-refractivity contribution in [1.82, 2.24) is 0 Å². The van der Waals surface area contributed by atoms with Crippen LogP contribution in [0.2, 0.25) is 0 Å². The van der Waals surface area contributed by atoms with Crippen molar-refractivity contribution in [2.45, 2.75) is 38.7 Å². The fourth-order valence-corrected chi connectivity index (χ4v) is 2.26. The first-order chi connectivity index (χ1) is 7.25. The summed E-state index contributed by atoms with van der Waals surface area (Å²) in [5, 5.41) is 17.8. The highest BCUT2D eigenvalue weighted by Gasteiger charge is 2.50. The number of hydrogen-bond donors (Lipinski definition) is 2. The molecule has 1 rings (SSSR count). The molecule has 1 aliphatic carbocycles. The van der Waals surface area contributed by atoms with Gasteiger partial charge in [0.2, 0.25) is 0 Å². The third-order valence-corrected chi connectivity index (χ3v) is 2.93. The summed E-state index contributed by atoms with van der Waals surface area (Å²) >= 11 is 0. The second-order valence-electron chi connectivity index (χ2n) is 4.56. The van der Waals surface area contributed by atoms with Crippen molar-refractivity contribution in [1.29, 1.82) is 0 Å². The molecule has 0 fully saturated rings. The van der Waals surface area contributed by atoms with E-state index in [1.807, 2.05) is 13.0 Å². The van der Waals surface area contributed by atoms with Gasteiger partial charge in [-0.25, -0.2) is 4.79 Å². The van der Waals surface area contributed by atoms with Crippen LogP contribution in [0.3, 0.4) is 0 Å². The summed E-state index contributed by atoms with van der Waals surface area (Å²) < 4.78 is 26.2. The number of aliphatic carboxylic acids is 1. The second-order valence-corrected chi connectivity index (χ2v) is 4.56. The van der Waals surface area contributed by atoms with Crippen molar-refractivity contribution in [2.24, 2.45) is 11.8 Å². The lowest BCUT2D eigenvalue weighted by Gasteiger charge is -2.31. The first-order valence-electron chi connectivity index (χ1n) is 5.21. The van der Waals surface area contributed by atoms with Gasteiger partial charge in [0.15, 0.2) is 0 Å². The normalized spacial score (nSPS) is 28.4. The number of aliphatic hydroxyl groups is 1. The van der Waals surface area contributed by atoms with Crippen LogP contribution < -0.4 is 0 Å². The Balaban J connectivity index is 2.80. The van der Waals surface area contributed by atoms with Crippen LogP contribution in [0.25, 0.3) is 0 Å². The largest absolute Gasteiger partial charge is 0.477 e. The average molecular weight is 234 g/mol. The Morgan fingerprint density at radius 1 is 1.62 bits per heavy atom. The predicted octanol–water partition coefficient (Wildman–Crippen LogP) is 2.06. The van der Waals surface area contributed by atoms with Gasteiger partial charge in [0.25, 0.3) is 0 Å². The van der Waals surface area contributed by atoms with Crippen LogP contribution >= 0.6 is 0 Å². The molecule has 3 nitrogen and oxygen atoms in total. The van der Waals surface area contributed by atoms with Crippen molar-refractivity contribution < 1.29 is 23.8 Å². The Morgan fingerprint density at radius 2 is 2.19 bits per heavy atom. The number of halogens is 2. The van der Waals surface area contributed by atoms with E-state index in [0.717, 1.165) is 5.57 Å². The zero-order valence-electron chi connectivity index (χ0n) is 9.28. The van der Waals surface area contributed by atoms with Gasteiger partial charge in [-0.05, 0) is 31.6 Å². The van der Waals surface area contributed by atoms with Crippen LogP contribution in [-0.2, 0) is 4.79 Å². The quantitative estimate of drug-likeness (QED) is 0.735. The molecular formula is C11H16F2O3. The monoisotopic (exact) mass is 234 g/mol. The fourth-order valence-electron chi connectivity index (χ4n) is 2.26. The van der Waals surface area contributed by atoms with E-state index in [9.17, 15) is 18.7 Å². The minimum atomic E-state index is -4.07. The molecule has 0 bridgehead atoms. The average Bonchev–Trinajstić information content (AvgIpc) is 2.14. The molecule has 0 spiro atoms. The van der Waals surface area contributed by atoms with E-state index in [1.54, 1.807) is 6.92 Å². The topological polar surface area (TPSA) is 57.5 Å². The van der Waals surface area contributed by atoms with Crippen molar-refractivity contribution >= 4 is 5.97 Å². The molecule has 3 unspecified atom stereocenters. The molecule has 16 heavy (non-hydrogen) atoms. The molecular weight excluding hydrogens is 218 g/mol. The molecule has 0 radical (unpaired) electrons. The standard InChI is InChI=1S/C11H16F2O3/c1-6-3-7(2)5-8(4-6)9(14)11(12,13)10(15)16/h3,6,8-9,14H,4-5H2,1-2H3,(H,15,16). The van der Waals surface area contributed by atoms with Gasteiger partial charge in [-0.15, -0.1) is 0 Å². The molecule has 0 saturated carbocycles. The molecule has 5 heteroatoms. The number of carboxylic acids is 1. The number of carboxylic acid groups (broad SMARTS) is 1. The van der Waals surface area contributed by atoms with E-state index >= 15 is 0 Å². The molecule has 92 valence electrons. The zero-order valence-corrected chi connectivity index (χ0v) is 9.28. The van der Waals surface area contributed by atoms with Gasteiger partial charge in [-0.2, -0.15) is 8.78 Å². The van der Waals surface area contributed by atoms with E-state index in [-0.39, 0.29) is 5.92 Å². The van der Waals surface area contributed by atoms with Crippen molar-refractivity contribution in [3.05, 3.63) is 11.6 Å². The zero-order chi connectivity index (χ0) is 12.5. The highest BCUT2D eigenvalue weighted by atomic mass is 19.3. The predicted molar refractivity (Wildman–Crippen MR) is 54.2 cm³/mol. The first-order valence-corrected chi connectivity index (χ1v) is 5.21. The minimum absolute atomic E-state index is 0.0954. The van der Waals surface area contributed by atoms with E-state index in [0.29, 0.717) is 12.8 Å². The second kappa shape index (κ2) is 4.49. The minimum Gasteiger partial charge on any atom is -0.477 e. The molecule has 0 aromatic carbocycles. The molecule has 0 aromatic heterocycles. The Morgan fingerprint density at radius 3 is 2.62 bits per heavy atom. The van der Waals surface area contributed by atoms with Gasteiger partial charge >= 0.3 is 11.9 Å². The van der Waals surface area contributed by atoms with Crippen LogP contribution in [0.5, 0.6) is 0 Å². The van der Waals surface area contributed by atoms with Gasteiger partial charge in [-0.1, -0.05) is 18.6 Å².